The predicted octanol–water partition coefficient (Wildman–Crippen LogP) is 6.31. The number of carbonyl (C=O) groups excluding carboxylic acids is 1. The fraction of sp³-hybridized carbons (Fsp3) is 0.154. The molecular weight excluding hydrogens is 462 g/mol. The van der Waals surface area contributed by atoms with Crippen LogP contribution in [-0.4, -0.2) is 31.4 Å². The molecule has 8 heteroatoms. The summed E-state index contributed by atoms with van der Waals surface area (Å²) in [4.78, 5) is 22.3. The number of hydrogen-bond donors (Lipinski definition) is 0. The fourth-order valence-electron chi connectivity index (χ4n) is 4.36. The molecule has 0 bridgehead atoms. The number of para-hydroxylation sites is 3. The Balaban J connectivity index is 1.32. The maximum absolute atomic E-state index is 13.5. The van der Waals surface area contributed by atoms with Crippen molar-refractivity contribution < 1.29 is 4.79 Å². The number of rotatable bonds is 5. The standard InChI is InChI=1S/C26H21N5OS2/c1-2-15-30-18-10-4-3-9-17(18)24-25(30)27-26(29-28-24)33-16-23(32)31-19-11-5-7-13-21(19)34-22-14-8-6-12-20(22)31/h3-14H,2,15-16H2,1H3. The molecule has 6 rings (SSSR count). The SMILES string of the molecule is CCCn1c2ccccc2c2nnc(SCC(=O)N3c4ccccc4Sc4ccccc43)nc21. The van der Waals surface area contributed by atoms with E-state index in [1.807, 2.05) is 53.4 Å². The Morgan fingerprint density at radius 3 is 2.32 bits per heavy atom. The lowest BCUT2D eigenvalue weighted by Crippen LogP contribution is -2.30. The number of thioether (sulfide) groups is 1. The van der Waals surface area contributed by atoms with Crippen LogP contribution < -0.4 is 4.90 Å². The summed E-state index contributed by atoms with van der Waals surface area (Å²) >= 11 is 3.02. The highest BCUT2D eigenvalue weighted by molar-refractivity contribution is 8.00. The summed E-state index contributed by atoms with van der Waals surface area (Å²) in [5, 5.41) is 10.4. The van der Waals surface area contributed by atoms with Gasteiger partial charge in [0.15, 0.2) is 5.65 Å². The summed E-state index contributed by atoms with van der Waals surface area (Å²) in [6.07, 6.45) is 0.991. The number of amides is 1. The Morgan fingerprint density at radius 2 is 1.59 bits per heavy atom. The first kappa shape index (κ1) is 21.2. The van der Waals surface area contributed by atoms with Crippen LogP contribution >= 0.6 is 23.5 Å². The molecule has 0 spiro atoms. The van der Waals surface area contributed by atoms with Crippen molar-refractivity contribution in [3.63, 3.8) is 0 Å². The van der Waals surface area contributed by atoms with Gasteiger partial charge in [0.2, 0.25) is 11.1 Å². The molecule has 1 amide bonds. The number of hydrogen-bond acceptors (Lipinski definition) is 6. The molecule has 3 heterocycles. The Kier molecular flexibility index (Phi) is 5.47. The number of fused-ring (bicyclic) bond motifs is 5. The lowest BCUT2D eigenvalue weighted by Gasteiger charge is -2.30. The molecule has 168 valence electrons. The maximum atomic E-state index is 13.5. The van der Waals surface area contributed by atoms with Crippen LogP contribution in [0.25, 0.3) is 22.1 Å². The summed E-state index contributed by atoms with van der Waals surface area (Å²) in [6, 6.07) is 24.2. The van der Waals surface area contributed by atoms with Gasteiger partial charge in [0, 0.05) is 21.7 Å². The second-order valence-electron chi connectivity index (χ2n) is 7.99. The fourth-order valence-corrected chi connectivity index (χ4v) is 6.05. The summed E-state index contributed by atoms with van der Waals surface area (Å²) in [5.74, 6) is 0.206. The largest absolute Gasteiger partial charge is 0.324 e. The third kappa shape index (κ3) is 3.54. The molecule has 1 aliphatic rings. The van der Waals surface area contributed by atoms with Crippen LogP contribution in [0.3, 0.4) is 0 Å². The van der Waals surface area contributed by atoms with Gasteiger partial charge in [0.1, 0.15) is 5.52 Å². The average Bonchev–Trinajstić information content (AvgIpc) is 3.19. The van der Waals surface area contributed by atoms with Crippen molar-refractivity contribution in [1.29, 1.82) is 0 Å². The molecule has 0 saturated carbocycles. The van der Waals surface area contributed by atoms with E-state index in [9.17, 15) is 4.79 Å². The third-order valence-electron chi connectivity index (χ3n) is 5.81. The van der Waals surface area contributed by atoms with Crippen molar-refractivity contribution in [1.82, 2.24) is 19.7 Å². The van der Waals surface area contributed by atoms with Crippen LogP contribution in [0, 0.1) is 0 Å². The first-order valence-electron chi connectivity index (χ1n) is 11.2. The number of carbonyl (C=O) groups is 1. The predicted molar refractivity (Wildman–Crippen MR) is 138 cm³/mol. The van der Waals surface area contributed by atoms with Gasteiger partial charge in [-0.3, -0.25) is 9.69 Å². The van der Waals surface area contributed by atoms with Gasteiger partial charge in [-0.05, 0) is 36.8 Å². The molecule has 0 radical (unpaired) electrons. The number of aromatic nitrogens is 4. The van der Waals surface area contributed by atoms with E-state index < -0.39 is 0 Å². The molecule has 0 saturated heterocycles. The van der Waals surface area contributed by atoms with Crippen molar-refractivity contribution in [3.05, 3.63) is 72.8 Å². The molecule has 0 atom stereocenters. The minimum absolute atomic E-state index is 0.0111. The topological polar surface area (TPSA) is 63.9 Å². The molecule has 0 fully saturated rings. The van der Waals surface area contributed by atoms with Crippen LogP contribution in [0.2, 0.25) is 0 Å². The van der Waals surface area contributed by atoms with E-state index in [1.165, 1.54) is 11.8 Å². The summed E-state index contributed by atoms with van der Waals surface area (Å²) in [7, 11) is 0. The highest BCUT2D eigenvalue weighted by Gasteiger charge is 2.28. The Morgan fingerprint density at radius 1 is 0.912 bits per heavy atom. The highest BCUT2D eigenvalue weighted by atomic mass is 32.2. The lowest BCUT2D eigenvalue weighted by atomic mass is 10.2. The molecule has 1 aliphatic heterocycles. The monoisotopic (exact) mass is 483 g/mol. The first-order valence-corrected chi connectivity index (χ1v) is 13.0. The van der Waals surface area contributed by atoms with Crippen molar-refractivity contribution >= 4 is 62.9 Å². The van der Waals surface area contributed by atoms with Crippen LogP contribution in [0.5, 0.6) is 0 Å². The summed E-state index contributed by atoms with van der Waals surface area (Å²) < 4.78 is 2.19. The van der Waals surface area contributed by atoms with E-state index >= 15 is 0 Å². The van der Waals surface area contributed by atoms with E-state index in [2.05, 4.69) is 46.0 Å². The van der Waals surface area contributed by atoms with E-state index in [0.29, 0.717) is 5.16 Å². The Hall–Kier alpha value is -3.36. The van der Waals surface area contributed by atoms with Crippen molar-refractivity contribution in [2.24, 2.45) is 0 Å². The maximum Gasteiger partial charge on any atom is 0.242 e. The number of anilines is 2. The second-order valence-corrected chi connectivity index (χ2v) is 10.0. The zero-order chi connectivity index (χ0) is 23.1. The van der Waals surface area contributed by atoms with Crippen LogP contribution in [0.4, 0.5) is 11.4 Å². The van der Waals surface area contributed by atoms with Gasteiger partial charge >= 0.3 is 0 Å². The molecule has 0 aliphatic carbocycles. The van der Waals surface area contributed by atoms with Crippen LogP contribution in [0.15, 0.2) is 87.7 Å². The molecule has 34 heavy (non-hydrogen) atoms. The van der Waals surface area contributed by atoms with Crippen LogP contribution in [-0.2, 0) is 11.3 Å². The van der Waals surface area contributed by atoms with Crippen molar-refractivity contribution in [2.75, 3.05) is 10.7 Å². The number of benzene rings is 3. The lowest BCUT2D eigenvalue weighted by molar-refractivity contribution is -0.115. The van der Waals surface area contributed by atoms with Gasteiger partial charge in [-0.15, -0.1) is 10.2 Å². The van der Waals surface area contributed by atoms with Gasteiger partial charge in [0.25, 0.3) is 0 Å². The second kappa shape index (κ2) is 8.77. The first-order chi connectivity index (χ1) is 16.7. The minimum Gasteiger partial charge on any atom is -0.324 e. The quantitative estimate of drug-likeness (QED) is 0.273. The zero-order valence-electron chi connectivity index (χ0n) is 18.5. The summed E-state index contributed by atoms with van der Waals surface area (Å²) in [5.41, 5.74) is 4.55. The highest BCUT2D eigenvalue weighted by Crippen LogP contribution is 2.48. The zero-order valence-corrected chi connectivity index (χ0v) is 20.1. The van der Waals surface area contributed by atoms with Gasteiger partial charge in [-0.25, -0.2) is 4.98 Å². The average molecular weight is 484 g/mol. The molecule has 3 aromatic carbocycles. The molecular formula is C26H21N5OS2. The van der Waals surface area contributed by atoms with Gasteiger partial charge in [0.05, 0.1) is 22.6 Å². The normalized spacial score (nSPS) is 12.7. The van der Waals surface area contributed by atoms with Gasteiger partial charge in [-0.2, -0.15) is 0 Å². The molecule has 0 N–H and O–H groups in total. The van der Waals surface area contributed by atoms with E-state index in [1.54, 1.807) is 11.8 Å². The van der Waals surface area contributed by atoms with E-state index in [-0.39, 0.29) is 11.7 Å². The van der Waals surface area contributed by atoms with Gasteiger partial charge in [-0.1, -0.05) is 72.9 Å². The van der Waals surface area contributed by atoms with E-state index in [0.717, 1.165) is 56.2 Å². The number of aryl methyl sites for hydroxylation is 1. The molecule has 5 aromatic rings. The van der Waals surface area contributed by atoms with E-state index in [4.69, 9.17) is 4.98 Å². The van der Waals surface area contributed by atoms with Crippen molar-refractivity contribution in [3.8, 4) is 0 Å². The molecule has 6 nitrogen and oxygen atoms in total. The van der Waals surface area contributed by atoms with Crippen molar-refractivity contribution in [2.45, 2.75) is 34.8 Å². The van der Waals surface area contributed by atoms with Crippen LogP contribution in [0.1, 0.15) is 13.3 Å². The Labute approximate surface area is 205 Å². The van der Waals surface area contributed by atoms with Gasteiger partial charge < -0.3 is 4.57 Å². The third-order valence-corrected chi connectivity index (χ3v) is 7.76. The minimum atomic E-state index is -0.0111. The smallest absolute Gasteiger partial charge is 0.242 e. The molecule has 0 unspecified atom stereocenters. The number of nitrogens with zero attached hydrogens (tertiary/aromatic N) is 5. The summed E-state index contributed by atoms with van der Waals surface area (Å²) in [6.45, 7) is 3.00. The molecule has 2 aromatic heterocycles. The Bertz CT molecular complexity index is 1500.